The van der Waals surface area contributed by atoms with Crippen LogP contribution < -0.4 is 20.3 Å². The van der Waals surface area contributed by atoms with Gasteiger partial charge in [-0.05, 0) is 92.3 Å². The van der Waals surface area contributed by atoms with Crippen molar-refractivity contribution in [2.24, 2.45) is 0 Å². The third-order valence-electron chi connectivity index (χ3n) is 6.74. The van der Waals surface area contributed by atoms with Gasteiger partial charge in [0.25, 0.3) is 0 Å². The van der Waals surface area contributed by atoms with Crippen LogP contribution in [0.15, 0.2) is 72.9 Å². The van der Waals surface area contributed by atoms with Crippen molar-refractivity contribution in [3.8, 4) is 11.4 Å². The summed E-state index contributed by atoms with van der Waals surface area (Å²) in [5.74, 6) is 0.387. The Morgan fingerprint density at radius 2 is 1.82 bits per heavy atom. The van der Waals surface area contributed by atoms with E-state index in [0.717, 1.165) is 34.0 Å². The van der Waals surface area contributed by atoms with E-state index < -0.39 is 0 Å². The highest BCUT2D eigenvalue weighted by Gasteiger charge is 2.42. The second-order valence-corrected chi connectivity index (χ2v) is 10.0. The molecule has 0 spiro atoms. The molecule has 9 heteroatoms. The van der Waals surface area contributed by atoms with Gasteiger partial charge in [-0.15, -0.1) is 0 Å². The van der Waals surface area contributed by atoms with Crippen molar-refractivity contribution in [3.05, 3.63) is 101 Å². The van der Waals surface area contributed by atoms with Crippen LogP contribution in [-0.4, -0.2) is 27.7 Å². The highest BCUT2D eigenvalue weighted by Crippen LogP contribution is 2.45. The molecule has 2 N–H and O–H groups in total. The molecular weight excluding hydrogens is 518 g/mol. The number of carbonyl (C=O) groups is 1. The first-order valence-electron chi connectivity index (χ1n) is 12.2. The van der Waals surface area contributed by atoms with Crippen molar-refractivity contribution in [2.75, 3.05) is 17.3 Å². The number of amides is 1. The summed E-state index contributed by atoms with van der Waals surface area (Å²) in [6, 6.07) is 21.2. The molecule has 0 radical (unpaired) electrons. The van der Waals surface area contributed by atoms with Crippen LogP contribution in [0.3, 0.4) is 0 Å². The average Bonchev–Trinajstić information content (AvgIpc) is 3.39. The van der Waals surface area contributed by atoms with Crippen LogP contribution in [0.1, 0.15) is 41.7 Å². The summed E-state index contributed by atoms with van der Waals surface area (Å²) in [6.45, 7) is 5.68. The zero-order valence-electron chi connectivity index (χ0n) is 21.5. The maximum absolute atomic E-state index is 11.9. The van der Waals surface area contributed by atoms with E-state index in [1.807, 2.05) is 60.7 Å². The molecule has 0 aliphatic carbocycles. The van der Waals surface area contributed by atoms with Gasteiger partial charge in [0, 0.05) is 40.9 Å². The molecule has 2 aromatic heterocycles. The Hall–Kier alpha value is -3.88. The fraction of sp³-hybridized carbons (Fsp3) is 0.207. The average molecular weight is 546 g/mol. The molecule has 1 saturated heterocycles. The number of anilines is 2. The van der Waals surface area contributed by atoms with E-state index in [1.54, 1.807) is 13.3 Å². The van der Waals surface area contributed by atoms with Crippen molar-refractivity contribution >= 4 is 46.2 Å². The Bertz CT molecular complexity index is 1500. The van der Waals surface area contributed by atoms with Crippen LogP contribution >= 0.6 is 23.8 Å². The van der Waals surface area contributed by atoms with Gasteiger partial charge in [0.2, 0.25) is 5.91 Å². The van der Waals surface area contributed by atoms with Gasteiger partial charge in [-0.1, -0.05) is 17.7 Å². The molecule has 4 aromatic rings. The quantitative estimate of drug-likeness (QED) is 0.278. The number of halogens is 1. The first kappa shape index (κ1) is 25.8. The number of nitrogens with one attached hydrogen (secondary N) is 2. The first-order chi connectivity index (χ1) is 18.3. The molecule has 1 aliphatic rings. The van der Waals surface area contributed by atoms with Crippen molar-refractivity contribution in [3.63, 3.8) is 0 Å². The number of ether oxygens (including phenoxy) is 1. The lowest BCUT2D eigenvalue weighted by molar-refractivity contribution is -0.114. The molecule has 0 unspecified atom stereocenters. The number of hydrogen-bond donors (Lipinski definition) is 2. The van der Waals surface area contributed by atoms with Gasteiger partial charge in [-0.25, -0.2) is 0 Å². The SMILES string of the molecule is COc1ccc(N2C(=S)N[C@H](c3ccccn3)[C@H]2c2cc(C)n(-c3ccc(Cl)cc3)c2C)cc1NC(C)=O. The number of rotatable bonds is 6. The Morgan fingerprint density at radius 1 is 1.08 bits per heavy atom. The highest BCUT2D eigenvalue weighted by atomic mass is 35.5. The standard InChI is InChI=1S/C29H28ClN5O2S/c1-17-15-23(18(2)34(17)21-10-8-20(30)9-11-21)28-27(24-7-5-6-14-31-24)33-29(38)35(28)22-12-13-26(37-4)25(16-22)32-19(3)36/h5-16,27-28H,1-4H3,(H,32,36)(H,33,38)/t27-,28-/m1/s1. The summed E-state index contributed by atoms with van der Waals surface area (Å²) in [4.78, 5) is 18.7. The number of aromatic nitrogens is 2. The monoisotopic (exact) mass is 545 g/mol. The smallest absolute Gasteiger partial charge is 0.221 e. The van der Waals surface area contributed by atoms with Crippen LogP contribution in [0.2, 0.25) is 5.02 Å². The molecule has 38 heavy (non-hydrogen) atoms. The molecule has 1 fully saturated rings. The van der Waals surface area contributed by atoms with Gasteiger partial charge >= 0.3 is 0 Å². The third kappa shape index (κ3) is 4.73. The second kappa shape index (κ2) is 10.5. The zero-order valence-corrected chi connectivity index (χ0v) is 23.1. The second-order valence-electron chi connectivity index (χ2n) is 9.20. The third-order valence-corrected chi connectivity index (χ3v) is 7.31. The lowest BCUT2D eigenvalue weighted by atomic mass is 9.96. The van der Waals surface area contributed by atoms with Gasteiger partial charge in [0.1, 0.15) is 5.75 Å². The Labute approximate surface area is 232 Å². The molecule has 3 heterocycles. The van der Waals surface area contributed by atoms with E-state index in [2.05, 4.69) is 45.0 Å². The van der Waals surface area contributed by atoms with Crippen LogP contribution in [0, 0.1) is 13.8 Å². The molecule has 2 atom stereocenters. The molecule has 5 rings (SSSR count). The highest BCUT2D eigenvalue weighted by molar-refractivity contribution is 7.80. The summed E-state index contributed by atoms with van der Waals surface area (Å²) in [5.41, 5.74) is 6.60. The van der Waals surface area contributed by atoms with Gasteiger partial charge in [-0.2, -0.15) is 0 Å². The number of benzene rings is 2. The summed E-state index contributed by atoms with van der Waals surface area (Å²) >= 11 is 12.1. The van der Waals surface area contributed by atoms with E-state index in [4.69, 9.17) is 28.6 Å². The number of thiocarbonyl (C=S) groups is 1. The number of nitrogens with zero attached hydrogens (tertiary/aromatic N) is 3. The van der Waals surface area contributed by atoms with Gasteiger partial charge in [0.15, 0.2) is 5.11 Å². The molecule has 2 aromatic carbocycles. The topological polar surface area (TPSA) is 71.4 Å². The minimum Gasteiger partial charge on any atom is -0.495 e. The number of hydrogen-bond acceptors (Lipinski definition) is 4. The summed E-state index contributed by atoms with van der Waals surface area (Å²) in [6.07, 6.45) is 1.79. The van der Waals surface area contributed by atoms with Crippen LogP contribution in [0.25, 0.3) is 5.69 Å². The maximum atomic E-state index is 11.9. The number of carbonyl (C=O) groups excluding carboxylic acids is 1. The van der Waals surface area contributed by atoms with Crippen molar-refractivity contribution in [1.29, 1.82) is 0 Å². The first-order valence-corrected chi connectivity index (χ1v) is 13.0. The van der Waals surface area contributed by atoms with Crippen molar-refractivity contribution in [1.82, 2.24) is 14.9 Å². The molecule has 1 aliphatic heterocycles. The molecule has 7 nitrogen and oxygen atoms in total. The minimum atomic E-state index is -0.205. The zero-order chi connectivity index (χ0) is 27.0. The fourth-order valence-electron chi connectivity index (χ4n) is 5.16. The summed E-state index contributed by atoms with van der Waals surface area (Å²) in [5, 5.41) is 7.64. The predicted octanol–water partition coefficient (Wildman–Crippen LogP) is 6.29. The van der Waals surface area contributed by atoms with E-state index >= 15 is 0 Å². The minimum absolute atomic E-state index is 0.183. The number of pyridine rings is 1. The summed E-state index contributed by atoms with van der Waals surface area (Å²) in [7, 11) is 1.58. The van der Waals surface area contributed by atoms with Crippen molar-refractivity contribution < 1.29 is 9.53 Å². The Morgan fingerprint density at radius 3 is 2.47 bits per heavy atom. The van der Waals surface area contributed by atoms with E-state index in [0.29, 0.717) is 21.6 Å². The van der Waals surface area contributed by atoms with Crippen molar-refractivity contribution in [2.45, 2.75) is 32.9 Å². The number of aryl methyl sites for hydroxylation is 1. The number of methoxy groups -OCH3 is 1. The van der Waals surface area contributed by atoms with Crippen LogP contribution in [0.5, 0.6) is 5.75 Å². The van der Waals surface area contributed by atoms with E-state index in [9.17, 15) is 4.79 Å². The van der Waals surface area contributed by atoms with Crippen LogP contribution in [-0.2, 0) is 4.79 Å². The summed E-state index contributed by atoms with van der Waals surface area (Å²) < 4.78 is 7.70. The Balaban J connectivity index is 1.67. The Kier molecular flexibility index (Phi) is 7.10. The lowest BCUT2D eigenvalue weighted by Gasteiger charge is -2.29. The lowest BCUT2D eigenvalue weighted by Crippen LogP contribution is -2.29. The fourth-order valence-corrected chi connectivity index (χ4v) is 5.63. The largest absolute Gasteiger partial charge is 0.495 e. The molecule has 0 saturated carbocycles. The van der Waals surface area contributed by atoms with Gasteiger partial charge in [-0.3, -0.25) is 9.78 Å². The van der Waals surface area contributed by atoms with Gasteiger partial charge < -0.3 is 24.8 Å². The molecule has 1 amide bonds. The molecule has 0 bridgehead atoms. The normalized spacial score (nSPS) is 16.9. The molecular formula is C29H28ClN5O2S. The predicted molar refractivity (Wildman–Crippen MR) is 155 cm³/mol. The maximum Gasteiger partial charge on any atom is 0.221 e. The van der Waals surface area contributed by atoms with Gasteiger partial charge in [0.05, 0.1) is 30.6 Å². The van der Waals surface area contributed by atoms with Crippen LogP contribution in [0.4, 0.5) is 11.4 Å². The van der Waals surface area contributed by atoms with E-state index in [-0.39, 0.29) is 18.0 Å². The molecule has 194 valence electrons. The van der Waals surface area contributed by atoms with E-state index in [1.165, 1.54) is 6.92 Å².